The first-order valence-electron chi connectivity index (χ1n) is 10.5. The van der Waals surface area contributed by atoms with Crippen LogP contribution in [0.15, 0.2) is 36.9 Å². The summed E-state index contributed by atoms with van der Waals surface area (Å²) in [6.45, 7) is 3.88. The van der Waals surface area contributed by atoms with E-state index in [1.807, 2.05) is 31.2 Å². The first kappa shape index (κ1) is 21.8. The number of benzene rings is 1. The topological polar surface area (TPSA) is 120 Å². The highest BCUT2D eigenvalue weighted by Crippen LogP contribution is 2.34. The van der Waals surface area contributed by atoms with E-state index in [0.29, 0.717) is 48.2 Å². The lowest BCUT2D eigenvalue weighted by Gasteiger charge is -2.35. The summed E-state index contributed by atoms with van der Waals surface area (Å²) in [4.78, 5) is 22.9. The highest BCUT2D eigenvalue weighted by Gasteiger charge is 2.26. The predicted molar refractivity (Wildman–Crippen MR) is 129 cm³/mol. The van der Waals surface area contributed by atoms with Gasteiger partial charge >= 0.3 is 0 Å². The monoisotopic (exact) mass is 486 g/mol. The lowest BCUT2D eigenvalue weighted by atomic mass is 10.1. The fourth-order valence-electron chi connectivity index (χ4n) is 4.10. The lowest BCUT2D eigenvalue weighted by molar-refractivity contribution is 0.387. The van der Waals surface area contributed by atoms with Crippen molar-refractivity contribution in [3.05, 3.63) is 47.6 Å². The van der Waals surface area contributed by atoms with Gasteiger partial charge in [-0.05, 0) is 24.4 Å². The van der Waals surface area contributed by atoms with Crippen molar-refractivity contribution in [1.82, 2.24) is 29.2 Å². The van der Waals surface area contributed by atoms with E-state index < -0.39 is 10.0 Å². The van der Waals surface area contributed by atoms with Gasteiger partial charge in [0.2, 0.25) is 10.0 Å². The Morgan fingerprint density at radius 2 is 1.94 bits per heavy atom. The predicted octanol–water partition coefficient (Wildman–Crippen LogP) is 2.81. The average Bonchev–Trinajstić information content (AvgIpc) is 3.28. The Morgan fingerprint density at radius 1 is 1.15 bits per heavy atom. The third kappa shape index (κ3) is 4.19. The molecule has 5 rings (SSSR count). The molecule has 0 radical (unpaired) electrons. The van der Waals surface area contributed by atoms with Crippen LogP contribution in [0.3, 0.4) is 0 Å². The summed E-state index contributed by atoms with van der Waals surface area (Å²) < 4.78 is 25.4. The first-order chi connectivity index (χ1) is 15.8. The quantitative estimate of drug-likeness (QED) is 0.442. The Bertz CT molecular complexity index is 1430. The Balaban J connectivity index is 1.51. The van der Waals surface area contributed by atoms with Crippen LogP contribution in [0.2, 0.25) is 5.02 Å². The Labute approximate surface area is 196 Å². The van der Waals surface area contributed by atoms with Crippen molar-refractivity contribution in [3.8, 4) is 0 Å². The summed E-state index contributed by atoms with van der Waals surface area (Å²) in [6.07, 6.45) is 4.31. The van der Waals surface area contributed by atoms with Crippen LogP contribution in [0.4, 0.5) is 11.6 Å². The van der Waals surface area contributed by atoms with E-state index in [9.17, 15) is 8.42 Å². The van der Waals surface area contributed by atoms with Gasteiger partial charge in [-0.15, -0.1) is 0 Å². The number of hydrogen-bond acceptors (Lipinski definition) is 8. The number of hydrogen-bond donors (Lipinski definition) is 2. The summed E-state index contributed by atoms with van der Waals surface area (Å²) in [5.41, 5.74) is 2.13. The molecule has 1 unspecified atom stereocenters. The van der Waals surface area contributed by atoms with Gasteiger partial charge in [0.15, 0.2) is 11.5 Å². The van der Waals surface area contributed by atoms with Gasteiger partial charge in [-0.1, -0.05) is 23.7 Å². The van der Waals surface area contributed by atoms with Gasteiger partial charge in [-0.2, -0.15) is 4.31 Å². The molecule has 0 aliphatic carbocycles. The molecule has 10 nitrogen and oxygen atoms in total. The minimum absolute atomic E-state index is 0.181. The number of anilines is 2. The number of piperazine rings is 1. The van der Waals surface area contributed by atoms with Gasteiger partial charge in [-0.3, -0.25) is 0 Å². The number of nitrogens with zero attached hydrogens (tertiary/aromatic N) is 6. The highest BCUT2D eigenvalue weighted by atomic mass is 35.5. The molecule has 12 heteroatoms. The molecule has 0 saturated carbocycles. The van der Waals surface area contributed by atoms with Crippen molar-refractivity contribution in [2.45, 2.75) is 13.0 Å². The molecule has 1 aromatic carbocycles. The molecule has 1 atom stereocenters. The summed E-state index contributed by atoms with van der Waals surface area (Å²) in [7, 11) is -3.22. The van der Waals surface area contributed by atoms with Gasteiger partial charge in [0.25, 0.3) is 0 Å². The number of pyridine rings is 1. The summed E-state index contributed by atoms with van der Waals surface area (Å²) >= 11 is 6.58. The molecule has 4 heterocycles. The van der Waals surface area contributed by atoms with Crippen LogP contribution in [-0.2, 0) is 10.0 Å². The van der Waals surface area contributed by atoms with Gasteiger partial charge in [0, 0.05) is 31.6 Å². The standard InChI is InChI=1S/C21H23ClN8O2S/c1-13(27-20-18-19(24-11-23-18)25-12-26-20)16-10-14-4-3-5-15(22)17(14)21(28-16)29-6-8-30(9-7-29)33(2,31)32/h3-5,10-13H,6-9H2,1-2H3,(H2,23,24,25,26,27). The zero-order valence-corrected chi connectivity index (χ0v) is 19.7. The molecule has 1 fully saturated rings. The molecule has 0 spiro atoms. The first-order valence-corrected chi connectivity index (χ1v) is 12.7. The zero-order chi connectivity index (χ0) is 23.2. The number of nitrogens with one attached hydrogen (secondary N) is 2. The van der Waals surface area contributed by atoms with E-state index in [1.165, 1.54) is 16.9 Å². The van der Waals surface area contributed by atoms with Crippen LogP contribution in [0.1, 0.15) is 18.7 Å². The molecule has 0 bridgehead atoms. The second-order valence-electron chi connectivity index (χ2n) is 8.05. The van der Waals surface area contributed by atoms with Crippen LogP contribution in [0.5, 0.6) is 0 Å². The van der Waals surface area contributed by atoms with E-state index in [0.717, 1.165) is 22.3 Å². The van der Waals surface area contributed by atoms with Crippen molar-refractivity contribution < 1.29 is 8.42 Å². The molecular weight excluding hydrogens is 464 g/mol. The summed E-state index contributed by atoms with van der Waals surface area (Å²) in [5, 5.41) is 5.83. The smallest absolute Gasteiger partial charge is 0.211 e. The van der Waals surface area contributed by atoms with E-state index in [-0.39, 0.29) is 6.04 Å². The molecule has 1 aliphatic heterocycles. The van der Waals surface area contributed by atoms with Gasteiger partial charge in [0.1, 0.15) is 17.7 Å². The maximum atomic E-state index is 11.9. The molecule has 172 valence electrons. The van der Waals surface area contributed by atoms with Crippen molar-refractivity contribution >= 4 is 55.2 Å². The number of aromatic nitrogens is 5. The molecule has 1 aliphatic rings. The number of aromatic amines is 1. The van der Waals surface area contributed by atoms with Crippen LogP contribution >= 0.6 is 11.6 Å². The fourth-order valence-corrected chi connectivity index (χ4v) is 5.19. The molecule has 33 heavy (non-hydrogen) atoms. The number of sulfonamides is 1. The molecule has 1 saturated heterocycles. The number of rotatable bonds is 5. The van der Waals surface area contributed by atoms with Crippen LogP contribution < -0.4 is 10.2 Å². The summed E-state index contributed by atoms with van der Waals surface area (Å²) in [6, 6.07) is 7.59. The lowest BCUT2D eigenvalue weighted by Crippen LogP contribution is -2.48. The second kappa shape index (κ2) is 8.40. The maximum absolute atomic E-state index is 11.9. The van der Waals surface area contributed by atoms with Crippen LogP contribution in [-0.4, -0.2) is 70.1 Å². The molecular formula is C21H23ClN8O2S. The highest BCUT2D eigenvalue weighted by molar-refractivity contribution is 7.88. The van der Waals surface area contributed by atoms with Gasteiger partial charge < -0.3 is 15.2 Å². The molecule has 3 aromatic heterocycles. The number of imidazole rings is 1. The molecule has 2 N–H and O–H groups in total. The minimum Gasteiger partial charge on any atom is -0.360 e. The maximum Gasteiger partial charge on any atom is 0.211 e. The third-order valence-corrected chi connectivity index (χ3v) is 7.45. The van der Waals surface area contributed by atoms with E-state index >= 15 is 0 Å². The van der Waals surface area contributed by atoms with E-state index in [2.05, 4.69) is 30.2 Å². The van der Waals surface area contributed by atoms with Crippen molar-refractivity contribution in [3.63, 3.8) is 0 Å². The molecule has 0 amide bonds. The Morgan fingerprint density at radius 3 is 2.70 bits per heavy atom. The van der Waals surface area contributed by atoms with E-state index in [4.69, 9.17) is 16.6 Å². The van der Waals surface area contributed by atoms with Crippen molar-refractivity contribution in [2.75, 3.05) is 42.7 Å². The normalized spacial score (nSPS) is 16.4. The average molecular weight is 487 g/mol. The second-order valence-corrected chi connectivity index (χ2v) is 10.4. The van der Waals surface area contributed by atoms with Crippen molar-refractivity contribution in [2.24, 2.45) is 0 Å². The SMILES string of the molecule is CC(Nc1ncnc2[nH]cnc12)c1cc2cccc(Cl)c2c(N2CCN(S(C)(=O)=O)CC2)n1. The fraction of sp³-hybridized carbons (Fsp3) is 0.333. The van der Waals surface area contributed by atoms with Crippen molar-refractivity contribution in [1.29, 1.82) is 0 Å². The van der Waals surface area contributed by atoms with Crippen LogP contribution in [0.25, 0.3) is 21.9 Å². The number of halogens is 1. The largest absolute Gasteiger partial charge is 0.360 e. The minimum atomic E-state index is -3.22. The van der Waals surface area contributed by atoms with Crippen LogP contribution in [0, 0.1) is 0 Å². The van der Waals surface area contributed by atoms with E-state index in [1.54, 1.807) is 6.33 Å². The Hall–Kier alpha value is -3.02. The van der Waals surface area contributed by atoms with Gasteiger partial charge in [0.05, 0.1) is 29.3 Å². The zero-order valence-electron chi connectivity index (χ0n) is 18.2. The third-order valence-electron chi connectivity index (χ3n) is 5.83. The number of H-pyrrole nitrogens is 1. The summed E-state index contributed by atoms with van der Waals surface area (Å²) in [5.74, 6) is 1.37. The Kier molecular flexibility index (Phi) is 5.55. The van der Waals surface area contributed by atoms with Gasteiger partial charge in [-0.25, -0.2) is 28.4 Å². The molecule has 4 aromatic rings. The number of fused-ring (bicyclic) bond motifs is 2.